The number of ether oxygens (including phenoxy) is 1. The normalized spacial score (nSPS) is 17.5. The summed E-state index contributed by atoms with van der Waals surface area (Å²) in [6.45, 7) is 5.97. The molecule has 42 heavy (non-hydrogen) atoms. The zero-order valence-corrected chi connectivity index (χ0v) is 25.1. The molecular weight excluding hydrogens is 543 g/mol. The Bertz CT molecular complexity index is 1410. The number of halogens is 3. The number of carbonyl (C=O) groups is 1. The topological polar surface area (TPSA) is 62.6 Å². The van der Waals surface area contributed by atoms with E-state index in [9.17, 15) is 4.79 Å². The lowest BCUT2D eigenvalue weighted by molar-refractivity contribution is -0.123. The average molecular weight is 584 g/mol. The molecule has 2 aromatic carbocycles. The molecule has 0 radical (unpaired) electrons. The van der Waals surface area contributed by atoms with Gasteiger partial charge in [0.1, 0.15) is 29.7 Å². The molecule has 0 unspecified atom stereocenters. The van der Waals surface area contributed by atoms with Gasteiger partial charge in [-0.1, -0.05) is 24.3 Å². The van der Waals surface area contributed by atoms with E-state index in [4.69, 9.17) is 4.74 Å². The van der Waals surface area contributed by atoms with Gasteiger partial charge in [0.15, 0.2) is 0 Å². The summed E-state index contributed by atoms with van der Waals surface area (Å²) in [5.41, 5.74) is 1.93. The lowest BCUT2D eigenvalue weighted by atomic mass is 9.82. The first kappa shape index (κ1) is 31.3. The number of hydrogen-bond donors (Lipinski definition) is 1. The first-order valence-corrected chi connectivity index (χ1v) is 14.1. The molecule has 0 aliphatic carbocycles. The number of fused-ring (bicyclic) bond motifs is 1. The van der Waals surface area contributed by atoms with Gasteiger partial charge in [-0.3, -0.25) is 14.4 Å². The fraction of sp³-hybridized carbons (Fsp3) is 0.438. The number of nitrogens with zero attached hydrogens (tertiary/aromatic N) is 4. The van der Waals surface area contributed by atoms with Gasteiger partial charge in [-0.05, 0) is 43.9 Å². The molecule has 0 saturated heterocycles. The molecule has 2 atom stereocenters. The van der Waals surface area contributed by atoms with Crippen molar-refractivity contribution < 1.29 is 22.7 Å². The highest BCUT2D eigenvalue weighted by molar-refractivity contribution is 5.87. The minimum atomic E-state index is -1.57. The molecule has 1 aliphatic heterocycles. The van der Waals surface area contributed by atoms with Gasteiger partial charge in [0.05, 0.1) is 12.2 Å². The third-order valence-corrected chi connectivity index (χ3v) is 7.28. The van der Waals surface area contributed by atoms with Gasteiger partial charge in [0.2, 0.25) is 5.91 Å². The Labute approximate surface area is 246 Å². The van der Waals surface area contributed by atoms with E-state index in [2.05, 4.69) is 10.4 Å². The molecule has 7 nitrogen and oxygen atoms in total. The van der Waals surface area contributed by atoms with Crippen molar-refractivity contribution in [2.75, 3.05) is 40.3 Å². The van der Waals surface area contributed by atoms with Gasteiger partial charge in [0, 0.05) is 82.4 Å². The lowest BCUT2D eigenvalue weighted by Gasteiger charge is -2.44. The Balaban J connectivity index is 1.57. The van der Waals surface area contributed by atoms with Gasteiger partial charge < -0.3 is 15.0 Å². The van der Waals surface area contributed by atoms with Crippen LogP contribution in [0.5, 0.6) is 5.75 Å². The van der Waals surface area contributed by atoms with Crippen LogP contribution >= 0.6 is 0 Å². The zero-order chi connectivity index (χ0) is 30.6. The number of rotatable bonds is 11. The summed E-state index contributed by atoms with van der Waals surface area (Å²) in [6.07, 6.45) is 7.48. The molecule has 226 valence electrons. The number of carbonyl (C=O) groups excluding carboxylic acids is 1. The second kappa shape index (κ2) is 13.1. The highest BCUT2D eigenvalue weighted by atomic mass is 19.1. The van der Waals surface area contributed by atoms with Crippen LogP contribution in [0.15, 0.2) is 54.9 Å². The first-order valence-electron chi connectivity index (χ1n) is 14.1. The molecule has 4 rings (SSSR count). The smallest absolute Gasteiger partial charge is 0.245 e. The molecule has 1 aromatic heterocycles. The van der Waals surface area contributed by atoms with Crippen molar-refractivity contribution in [3.05, 3.63) is 83.2 Å². The summed E-state index contributed by atoms with van der Waals surface area (Å²) in [6, 6.07) is 7.26. The maximum absolute atomic E-state index is 15.8. The van der Waals surface area contributed by atoms with E-state index in [1.54, 1.807) is 31.1 Å². The van der Waals surface area contributed by atoms with Crippen molar-refractivity contribution in [2.45, 2.75) is 44.9 Å². The summed E-state index contributed by atoms with van der Waals surface area (Å²) >= 11 is 0. The van der Waals surface area contributed by atoms with Gasteiger partial charge in [-0.15, -0.1) is 0 Å². The molecule has 1 N–H and O–H groups in total. The number of amides is 1. The monoisotopic (exact) mass is 583 g/mol. The van der Waals surface area contributed by atoms with Crippen molar-refractivity contribution in [2.24, 2.45) is 7.05 Å². The summed E-state index contributed by atoms with van der Waals surface area (Å²) in [5, 5.41) is 7.34. The van der Waals surface area contributed by atoms with Gasteiger partial charge >= 0.3 is 0 Å². The van der Waals surface area contributed by atoms with E-state index in [1.165, 1.54) is 37.0 Å². The van der Waals surface area contributed by atoms with Crippen LogP contribution in [0.25, 0.3) is 11.1 Å². The van der Waals surface area contributed by atoms with Crippen molar-refractivity contribution in [3.8, 4) is 16.9 Å². The van der Waals surface area contributed by atoms with E-state index in [-0.39, 0.29) is 36.4 Å². The molecule has 10 heteroatoms. The van der Waals surface area contributed by atoms with Crippen LogP contribution in [0.4, 0.5) is 13.2 Å². The van der Waals surface area contributed by atoms with Crippen LogP contribution < -0.4 is 10.1 Å². The number of alkyl halides is 1. The number of nitrogens with one attached hydrogen (secondary N) is 1. The van der Waals surface area contributed by atoms with Gasteiger partial charge in [-0.25, -0.2) is 13.2 Å². The second-order valence-electron chi connectivity index (χ2n) is 11.7. The molecule has 0 bridgehead atoms. The highest BCUT2D eigenvalue weighted by Crippen LogP contribution is 2.43. The standard InChI is InChI=1S/C32H40F3N5O2/c1-21-14-23-15-22(24-18-37-39(6)19-24)9-10-26(23)31(40(21)20-32(2,3)35)30-27(33)16-25(17-28(30)34)42-13-12-36-11-7-8-29(41)38(4)5/h7-10,15-19,21,31,36H,11-14,20H2,1-6H3/b8-7+/t21-,31+/m1/s1. The maximum atomic E-state index is 15.8. The molecule has 2 heterocycles. The number of benzene rings is 2. The van der Waals surface area contributed by atoms with E-state index in [0.29, 0.717) is 19.5 Å². The fourth-order valence-electron chi connectivity index (χ4n) is 5.31. The highest BCUT2D eigenvalue weighted by Gasteiger charge is 2.39. The van der Waals surface area contributed by atoms with E-state index >= 15 is 13.2 Å². The predicted octanol–water partition coefficient (Wildman–Crippen LogP) is 5.06. The minimum Gasteiger partial charge on any atom is -0.492 e. The number of hydrogen-bond acceptors (Lipinski definition) is 5. The summed E-state index contributed by atoms with van der Waals surface area (Å²) in [5.74, 6) is -1.53. The third kappa shape index (κ3) is 7.60. The zero-order valence-electron chi connectivity index (χ0n) is 25.1. The van der Waals surface area contributed by atoms with Crippen LogP contribution in [0, 0.1) is 11.6 Å². The molecule has 1 aliphatic rings. The van der Waals surface area contributed by atoms with E-state index in [0.717, 1.165) is 22.3 Å². The first-order chi connectivity index (χ1) is 19.8. The van der Waals surface area contributed by atoms with E-state index in [1.807, 2.05) is 43.3 Å². The lowest BCUT2D eigenvalue weighted by Crippen LogP contribution is -2.48. The molecular formula is C32H40F3N5O2. The summed E-state index contributed by atoms with van der Waals surface area (Å²) in [7, 11) is 5.19. The minimum absolute atomic E-state index is 0.0139. The largest absolute Gasteiger partial charge is 0.492 e. The molecule has 1 amide bonds. The molecule has 0 spiro atoms. The van der Waals surface area contributed by atoms with E-state index < -0.39 is 23.3 Å². The van der Waals surface area contributed by atoms with Crippen LogP contribution in [0.1, 0.15) is 43.5 Å². The van der Waals surface area contributed by atoms with Gasteiger partial charge in [-0.2, -0.15) is 5.10 Å². The predicted molar refractivity (Wildman–Crippen MR) is 158 cm³/mol. The second-order valence-corrected chi connectivity index (χ2v) is 11.7. The molecule has 3 aromatic rings. The fourth-order valence-corrected chi connectivity index (χ4v) is 5.31. The third-order valence-electron chi connectivity index (χ3n) is 7.28. The van der Waals surface area contributed by atoms with Crippen LogP contribution in [0.2, 0.25) is 0 Å². The summed E-state index contributed by atoms with van der Waals surface area (Å²) in [4.78, 5) is 14.9. The SMILES string of the molecule is C[C@@H]1Cc2cc(-c3cnn(C)c3)ccc2[C@@H](c2c(F)cc(OCCNC/C=C/C(=O)N(C)C)cc2F)N1CC(C)(C)F. The Morgan fingerprint density at radius 2 is 1.90 bits per heavy atom. The van der Waals surface area contributed by atoms with Crippen molar-refractivity contribution in [1.29, 1.82) is 0 Å². The molecule has 0 fully saturated rings. The Morgan fingerprint density at radius 1 is 1.19 bits per heavy atom. The van der Waals surface area contributed by atoms with Crippen LogP contribution in [0.3, 0.4) is 0 Å². The maximum Gasteiger partial charge on any atom is 0.245 e. The average Bonchev–Trinajstić information content (AvgIpc) is 3.34. The van der Waals surface area contributed by atoms with Crippen LogP contribution in [-0.2, 0) is 18.3 Å². The number of likely N-dealkylation sites (N-methyl/N-ethyl adjacent to an activating group) is 1. The van der Waals surface area contributed by atoms with Crippen LogP contribution in [-0.4, -0.2) is 77.5 Å². The van der Waals surface area contributed by atoms with Crippen molar-refractivity contribution in [3.63, 3.8) is 0 Å². The quantitative estimate of drug-likeness (QED) is 0.253. The van der Waals surface area contributed by atoms with Gasteiger partial charge in [0.25, 0.3) is 0 Å². The number of aromatic nitrogens is 2. The Morgan fingerprint density at radius 3 is 2.52 bits per heavy atom. The van der Waals surface area contributed by atoms with Crippen molar-refractivity contribution in [1.82, 2.24) is 24.9 Å². The Hall–Kier alpha value is -3.63. The number of aryl methyl sites for hydroxylation is 1. The Kier molecular flexibility index (Phi) is 9.78. The molecule has 0 saturated carbocycles. The van der Waals surface area contributed by atoms with Crippen molar-refractivity contribution >= 4 is 5.91 Å². The summed E-state index contributed by atoms with van der Waals surface area (Å²) < 4.78 is 53.9.